The zero-order chi connectivity index (χ0) is 6.12. The Bertz CT molecular complexity index is 17.2. The molecule has 0 heterocycles. The summed E-state index contributed by atoms with van der Waals surface area (Å²) < 4.78 is 1.24. The average molecular weight is 112 g/mol. The fraction of sp³-hybridized carbons (Fsp3) is 1.00. The summed E-state index contributed by atoms with van der Waals surface area (Å²) in [7, 11) is 0. The Balaban J connectivity index is 0. The van der Waals surface area contributed by atoms with Crippen molar-refractivity contribution < 1.29 is 0 Å². The fourth-order valence-electron chi connectivity index (χ4n) is 0. The van der Waals surface area contributed by atoms with Crippen molar-refractivity contribution in [1.82, 2.24) is 0 Å². The van der Waals surface area contributed by atoms with Crippen LogP contribution < -0.4 is 11.5 Å². The van der Waals surface area contributed by atoms with Crippen molar-refractivity contribution in [2.24, 2.45) is 11.5 Å². The summed E-state index contributed by atoms with van der Waals surface area (Å²) in [5.41, 5.74) is 9.91. The summed E-state index contributed by atoms with van der Waals surface area (Å²) in [5.74, 6) is 0. The zero-order valence-electron chi connectivity index (χ0n) is 5.28. The molecule has 0 unspecified atom stereocenters. The molecular weight excluding hydrogens is 99.0 g/mol. The Hall–Kier alpha value is 0.920. The van der Waals surface area contributed by atoms with E-state index in [1.807, 2.05) is 6.92 Å². The van der Waals surface area contributed by atoms with Crippen LogP contribution in [0.5, 0.6) is 0 Å². The average Bonchev–Trinajstić information content (AvgIpc) is 1.69. The summed E-state index contributed by atoms with van der Waals surface area (Å²) in [6, 6.07) is 0. The van der Waals surface area contributed by atoms with Gasteiger partial charge in [0, 0.05) is 0 Å². The fourth-order valence-corrected chi connectivity index (χ4v) is 0. The Morgan fingerprint density at radius 1 is 1.43 bits per heavy atom. The van der Waals surface area contributed by atoms with Crippen molar-refractivity contribution in [2.45, 2.75) is 10.6 Å². The molecule has 0 bridgehead atoms. The second kappa shape index (κ2) is 15.8. The molecule has 7 heavy (non-hydrogen) atoms. The monoisotopic (exact) mass is 112 g/mol. The minimum atomic E-state index is 0.750. The third-order valence-electron chi connectivity index (χ3n) is 0.289. The van der Waals surface area contributed by atoms with E-state index in [1.54, 1.807) is 0 Å². The van der Waals surface area contributed by atoms with E-state index in [0.717, 1.165) is 13.1 Å². The quantitative estimate of drug-likeness (QED) is 0.449. The first kappa shape index (κ1) is 10.8. The van der Waals surface area contributed by atoms with E-state index in [2.05, 4.69) is 0 Å². The number of hydrogen-bond donors (Lipinski definition) is 2. The van der Waals surface area contributed by atoms with Gasteiger partial charge in [0.15, 0.2) is 0 Å². The van der Waals surface area contributed by atoms with E-state index in [-0.39, 0.29) is 0 Å². The van der Waals surface area contributed by atoms with Gasteiger partial charge in [-0.2, -0.15) is 0 Å². The molecule has 0 atom stereocenters. The molecule has 0 saturated heterocycles. The van der Waals surface area contributed by atoms with Crippen molar-refractivity contribution in [2.75, 3.05) is 13.1 Å². The summed E-state index contributed by atoms with van der Waals surface area (Å²) in [5, 5.41) is 0. The van der Waals surface area contributed by atoms with Crippen LogP contribution in [0.2, 0.25) is 3.67 Å². The van der Waals surface area contributed by atoms with E-state index in [4.69, 9.17) is 11.5 Å². The number of nitrogens with two attached hydrogens (primary N) is 2. The van der Waals surface area contributed by atoms with Gasteiger partial charge in [-0.05, 0) is 6.54 Å². The number of hydrogen-bond acceptors (Lipinski definition) is 2. The van der Waals surface area contributed by atoms with Crippen LogP contribution in [0.4, 0.5) is 0 Å². The van der Waals surface area contributed by atoms with Crippen LogP contribution >= 0.6 is 0 Å². The number of rotatable bonds is 1. The van der Waals surface area contributed by atoms with Gasteiger partial charge in [0.25, 0.3) is 0 Å². The molecule has 0 aliphatic rings. The van der Waals surface area contributed by atoms with Crippen LogP contribution in [0.25, 0.3) is 0 Å². The van der Waals surface area contributed by atoms with Crippen molar-refractivity contribution in [3.05, 3.63) is 0 Å². The second-order valence-electron chi connectivity index (χ2n) is 1.20. The minimum absolute atomic E-state index is 0.750. The summed E-state index contributed by atoms with van der Waals surface area (Å²) >= 11 is 1.26. The maximum atomic E-state index is 5.06. The molecular formula is C4H13N2Na. The van der Waals surface area contributed by atoms with Gasteiger partial charge in [0.1, 0.15) is 0 Å². The molecule has 4 N–H and O–H groups in total. The third-order valence-corrected chi connectivity index (χ3v) is 0.866. The Labute approximate surface area is 63.1 Å². The molecule has 0 aromatic heterocycles. The SMILES string of the molecule is CCN.NC[CH2][Na]. The predicted octanol–water partition coefficient (Wildman–Crippen LogP) is -0.503. The van der Waals surface area contributed by atoms with E-state index in [0.29, 0.717) is 0 Å². The van der Waals surface area contributed by atoms with Gasteiger partial charge < -0.3 is 5.73 Å². The zero-order valence-corrected chi connectivity index (χ0v) is 7.28. The van der Waals surface area contributed by atoms with Crippen molar-refractivity contribution >= 4 is 27.9 Å². The molecule has 0 aliphatic carbocycles. The van der Waals surface area contributed by atoms with Crippen molar-refractivity contribution in [3.63, 3.8) is 0 Å². The van der Waals surface area contributed by atoms with Gasteiger partial charge in [-0.1, -0.05) is 6.92 Å². The van der Waals surface area contributed by atoms with Crippen LogP contribution in [-0.2, 0) is 0 Å². The van der Waals surface area contributed by atoms with Crippen LogP contribution in [0.1, 0.15) is 6.92 Å². The first-order chi connectivity index (χ1) is 3.33. The normalized spacial score (nSPS) is 7.00. The predicted molar refractivity (Wildman–Crippen MR) is 34.3 cm³/mol. The Morgan fingerprint density at radius 2 is 1.57 bits per heavy atom. The molecule has 0 amide bonds. The van der Waals surface area contributed by atoms with Gasteiger partial charge >= 0.3 is 43.9 Å². The molecule has 0 aromatic rings. The van der Waals surface area contributed by atoms with Crippen molar-refractivity contribution in [3.8, 4) is 0 Å². The molecule has 40 valence electrons. The van der Waals surface area contributed by atoms with E-state index in [9.17, 15) is 0 Å². The van der Waals surface area contributed by atoms with Gasteiger partial charge in [0.2, 0.25) is 0 Å². The van der Waals surface area contributed by atoms with Crippen molar-refractivity contribution in [1.29, 1.82) is 0 Å². The Kier molecular flexibility index (Phi) is 24.4. The van der Waals surface area contributed by atoms with Gasteiger partial charge in [0.05, 0.1) is 0 Å². The van der Waals surface area contributed by atoms with Gasteiger partial charge in [-0.15, -0.1) is 0 Å². The molecule has 0 fully saturated rings. The summed E-state index contributed by atoms with van der Waals surface area (Å²) in [4.78, 5) is 0. The first-order valence-corrected chi connectivity index (χ1v) is 4.14. The standard InChI is InChI=1S/C2H7N.C2H6N.Na/c2*1-2-3;/h2-3H2,1H3;1-3H2;. The molecule has 0 radical (unpaired) electrons. The molecule has 0 aliphatic heterocycles. The topological polar surface area (TPSA) is 52.0 Å². The van der Waals surface area contributed by atoms with E-state index >= 15 is 0 Å². The van der Waals surface area contributed by atoms with Crippen LogP contribution in [0.15, 0.2) is 0 Å². The summed E-state index contributed by atoms with van der Waals surface area (Å²) in [6.07, 6.45) is 0. The molecule has 0 spiro atoms. The molecule has 0 aromatic carbocycles. The molecule has 0 rings (SSSR count). The first-order valence-electron chi connectivity index (χ1n) is 2.73. The van der Waals surface area contributed by atoms with Crippen LogP contribution in [0.3, 0.4) is 0 Å². The van der Waals surface area contributed by atoms with Gasteiger partial charge in [-0.3, -0.25) is 0 Å². The Morgan fingerprint density at radius 3 is 1.57 bits per heavy atom. The van der Waals surface area contributed by atoms with Crippen LogP contribution in [0, 0.1) is 0 Å². The van der Waals surface area contributed by atoms with E-state index in [1.165, 1.54) is 31.6 Å². The molecule has 2 nitrogen and oxygen atoms in total. The molecule has 3 heteroatoms. The third kappa shape index (κ3) is 45.4. The second-order valence-corrected chi connectivity index (χ2v) is 2.20. The maximum absolute atomic E-state index is 5.06. The molecule has 0 saturated carbocycles. The van der Waals surface area contributed by atoms with Gasteiger partial charge in [-0.25, -0.2) is 0 Å². The van der Waals surface area contributed by atoms with E-state index < -0.39 is 0 Å². The van der Waals surface area contributed by atoms with Crippen LogP contribution in [-0.4, -0.2) is 41.0 Å². The summed E-state index contributed by atoms with van der Waals surface area (Å²) in [6.45, 7) is 3.53.